The van der Waals surface area contributed by atoms with Crippen LogP contribution in [0.15, 0.2) is 34.7 Å². The summed E-state index contributed by atoms with van der Waals surface area (Å²) in [6.07, 6.45) is 1.70. The summed E-state index contributed by atoms with van der Waals surface area (Å²) in [6, 6.07) is 9.77. The van der Waals surface area contributed by atoms with Gasteiger partial charge < -0.3 is 14.4 Å². The van der Waals surface area contributed by atoms with Crippen LogP contribution in [0.2, 0.25) is 0 Å². The lowest BCUT2D eigenvalue weighted by Gasteiger charge is -2.38. The highest BCUT2D eigenvalue weighted by atomic mass is 16.3. The van der Waals surface area contributed by atoms with Crippen molar-refractivity contribution in [2.45, 2.75) is 32.6 Å². The zero-order chi connectivity index (χ0) is 15.7. The fourth-order valence-corrected chi connectivity index (χ4v) is 3.04. The van der Waals surface area contributed by atoms with Crippen molar-refractivity contribution in [3.8, 4) is 0 Å². The van der Waals surface area contributed by atoms with E-state index in [1.807, 2.05) is 42.2 Å². The zero-order valence-electron chi connectivity index (χ0n) is 13.2. The number of fused-ring (bicyclic) bond motifs is 1. The van der Waals surface area contributed by atoms with Crippen LogP contribution in [0, 0.1) is 5.41 Å². The lowest BCUT2D eigenvalue weighted by molar-refractivity contribution is -0.135. The molecule has 1 aromatic heterocycles. The molecule has 1 atom stereocenters. The highest BCUT2D eigenvalue weighted by Crippen LogP contribution is 2.32. The predicted molar refractivity (Wildman–Crippen MR) is 85.6 cm³/mol. The maximum atomic E-state index is 12.7. The van der Waals surface area contributed by atoms with Crippen molar-refractivity contribution in [3.63, 3.8) is 0 Å². The summed E-state index contributed by atoms with van der Waals surface area (Å²) in [5.74, 6) is 0.562. The summed E-state index contributed by atoms with van der Waals surface area (Å²) >= 11 is 0. The van der Waals surface area contributed by atoms with Crippen molar-refractivity contribution >= 4 is 16.9 Å². The maximum absolute atomic E-state index is 12.7. The van der Waals surface area contributed by atoms with Gasteiger partial charge in [0.2, 0.25) is 5.91 Å². The van der Waals surface area contributed by atoms with Crippen LogP contribution in [0.4, 0.5) is 0 Å². The van der Waals surface area contributed by atoms with E-state index < -0.39 is 0 Å². The van der Waals surface area contributed by atoms with Gasteiger partial charge >= 0.3 is 0 Å². The molecule has 0 spiro atoms. The van der Waals surface area contributed by atoms with Crippen molar-refractivity contribution < 1.29 is 14.3 Å². The molecule has 0 aliphatic carbocycles. The molecule has 0 bridgehead atoms. The topological polar surface area (TPSA) is 53.7 Å². The number of amides is 1. The number of hydrogen-bond donors (Lipinski definition) is 1. The van der Waals surface area contributed by atoms with E-state index in [9.17, 15) is 9.90 Å². The highest BCUT2D eigenvalue weighted by Gasteiger charge is 2.33. The van der Waals surface area contributed by atoms with E-state index in [4.69, 9.17) is 4.42 Å². The molecule has 0 radical (unpaired) electrons. The Morgan fingerprint density at radius 1 is 1.36 bits per heavy atom. The first kappa shape index (κ1) is 15.1. The van der Waals surface area contributed by atoms with Gasteiger partial charge in [0.25, 0.3) is 0 Å². The standard InChI is InChI=1S/C18H23NO3/c1-13(16-11-14-5-3-4-6-15(14)22-16)17(21)19-9-7-18(2,12-20)8-10-19/h3-6,11,13,20H,7-10,12H2,1-2H3/t13-/m0/s1. The lowest BCUT2D eigenvalue weighted by Crippen LogP contribution is -2.44. The Morgan fingerprint density at radius 2 is 2.05 bits per heavy atom. The molecule has 22 heavy (non-hydrogen) atoms. The quantitative estimate of drug-likeness (QED) is 0.947. The van der Waals surface area contributed by atoms with Crippen LogP contribution in [0.1, 0.15) is 38.4 Å². The molecule has 118 valence electrons. The van der Waals surface area contributed by atoms with Crippen LogP contribution < -0.4 is 0 Å². The minimum Gasteiger partial charge on any atom is -0.460 e. The molecule has 3 rings (SSSR count). The van der Waals surface area contributed by atoms with Gasteiger partial charge in [0.05, 0.1) is 5.92 Å². The number of nitrogens with zero attached hydrogens (tertiary/aromatic N) is 1. The third-order valence-corrected chi connectivity index (χ3v) is 4.91. The second-order valence-corrected chi connectivity index (χ2v) is 6.70. The van der Waals surface area contributed by atoms with Crippen molar-refractivity contribution in [2.75, 3.05) is 19.7 Å². The van der Waals surface area contributed by atoms with Gasteiger partial charge in [-0.1, -0.05) is 25.1 Å². The van der Waals surface area contributed by atoms with Crippen molar-refractivity contribution in [3.05, 3.63) is 36.1 Å². The SMILES string of the molecule is C[C@H](C(=O)N1CCC(C)(CO)CC1)c1cc2ccccc2o1. The Balaban J connectivity index is 1.72. The molecule has 1 aromatic carbocycles. The van der Waals surface area contributed by atoms with Gasteiger partial charge in [-0.25, -0.2) is 0 Å². The van der Waals surface area contributed by atoms with E-state index in [2.05, 4.69) is 6.92 Å². The molecule has 1 aliphatic rings. The summed E-state index contributed by atoms with van der Waals surface area (Å²) in [4.78, 5) is 14.6. The van der Waals surface area contributed by atoms with Crippen LogP contribution >= 0.6 is 0 Å². The first-order valence-corrected chi connectivity index (χ1v) is 7.90. The van der Waals surface area contributed by atoms with Gasteiger partial charge in [-0.15, -0.1) is 0 Å². The molecule has 0 saturated carbocycles. The number of para-hydroxylation sites is 1. The van der Waals surface area contributed by atoms with Gasteiger partial charge in [-0.3, -0.25) is 4.79 Å². The number of aliphatic hydroxyl groups excluding tert-OH is 1. The van der Waals surface area contributed by atoms with E-state index in [0.29, 0.717) is 13.1 Å². The third-order valence-electron chi connectivity index (χ3n) is 4.91. The molecule has 1 amide bonds. The van der Waals surface area contributed by atoms with Crippen LogP contribution in [0.3, 0.4) is 0 Å². The minimum atomic E-state index is -0.272. The van der Waals surface area contributed by atoms with Gasteiger partial charge in [0.15, 0.2) is 0 Å². The molecular weight excluding hydrogens is 278 g/mol. The maximum Gasteiger partial charge on any atom is 0.233 e. The molecule has 0 unspecified atom stereocenters. The number of carbonyl (C=O) groups is 1. The van der Waals surface area contributed by atoms with Crippen LogP contribution in [-0.4, -0.2) is 35.6 Å². The molecule has 2 heterocycles. The number of benzene rings is 1. The third kappa shape index (κ3) is 2.75. The van der Waals surface area contributed by atoms with Crippen molar-refractivity contribution in [1.29, 1.82) is 0 Å². The molecule has 1 fully saturated rings. The van der Waals surface area contributed by atoms with Gasteiger partial charge in [0.1, 0.15) is 11.3 Å². The van der Waals surface area contributed by atoms with E-state index >= 15 is 0 Å². The van der Waals surface area contributed by atoms with E-state index in [1.54, 1.807) is 0 Å². The molecule has 1 saturated heterocycles. The Hall–Kier alpha value is -1.81. The van der Waals surface area contributed by atoms with Gasteiger partial charge in [-0.2, -0.15) is 0 Å². The molecule has 1 N–H and O–H groups in total. The lowest BCUT2D eigenvalue weighted by atomic mass is 9.81. The van der Waals surface area contributed by atoms with Crippen LogP contribution in [0.5, 0.6) is 0 Å². The molecule has 1 aliphatic heterocycles. The first-order valence-electron chi connectivity index (χ1n) is 7.90. The fraction of sp³-hybridized carbons (Fsp3) is 0.500. The minimum absolute atomic E-state index is 0.0423. The van der Waals surface area contributed by atoms with E-state index in [-0.39, 0.29) is 23.8 Å². The van der Waals surface area contributed by atoms with Crippen LogP contribution in [-0.2, 0) is 4.79 Å². The van der Waals surface area contributed by atoms with E-state index in [1.165, 1.54) is 0 Å². The van der Waals surface area contributed by atoms with Crippen molar-refractivity contribution in [2.24, 2.45) is 5.41 Å². The predicted octanol–water partition coefficient (Wildman–Crippen LogP) is 3.16. The number of hydrogen-bond acceptors (Lipinski definition) is 3. The number of aliphatic hydroxyl groups is 1. The summed E-state index contributed by atoms with van der Waals surface area (Å²) in [6.45, 7) is 5.59. The number of piperidine rings is 1. The number of likely N-dealkylation sites (tertiary alicyclic amines) is 1. The second-order valence-electron chi connectivity index (χ2n) is 6.70. The van der Waals surface area contributed by atoms with Gasteiger partial charge in [-0.05, 0) is 37.3 Å². The van der Waals surface area contributed by atoms with Crippen molar-refractivity contribution in [1.82, 2.24) is 4.90 Å². The highest BCUT2D eigenvalue weighted by molar-refractivity contribution is 5.85. The average Bonchev–Trinajstić information content (AvgIpc) is 2.98. The smallest absolute Gasteiger partial charge is 0.233 e. The first-order chi connectivity index (χ1) is 10.5. The van der Waals surface area contributed by atoms with Gasteiger partial charge in [0, 0.05) is 25.1 Å². The molecule has 4 nitrogen and oxygen atoms in total. The normalized spacial score (nSPS) is 19.3. The number of furan rings is 1. The Labute approximate surface area is 130 Å². The molecule has 2 aromatic rings. The summed E-state index contributed by atoms with van der Waals surface area (Å²) in [5.41, 5.74) is 0.781. The zero-order valence-corrected chi connectivity index (χ0v) is 13.2. The molecular formula is C18H23NO3. The number of rotatable bonds is 3. The largest absolute Gasteiger partial charge is 0.460 e. The average molecular weight is 301 g/mol. The monoisotopic (exact) mass is 301 g/mol. The van der Waals surface area contributed by atoms with Crippen LogP contribution in [0.25, 0.3) is 11.0 Å². The second kappa shape index (κ2) is 5.76. The summed E-state index contributed by atoms with van der Waals surface area (Å²) in [7, 11) is 0. The Kier molecular flexibility index (Phi) is 3.96. The molecule has 4 heteroatoms. The summed E-state index contributed by atoms with van der Waals surface area (Å²) in [5, 5.41) is 10.5. The Morgan fingerprint density at radius 3 is 2.68 bits per heavy atom. The van der Waals surface area contributed by atoms with E-state index in [0.717, 1.165) is 29.6 Å². The number of carbonyl (C=O) groups excluding carboxylic acids is 1. The fourth-order valence-electron chi connectivity index (χ4n) is 3.04. The summed E-state index contributed by atoms with van der Waals surface area (Å²) < 4.78 is 5.82. The Bertz CT molecular complexity index is 635.